The molecule has 0 amide bonds. The first-order chi connectivity index (χ1) is 8.12. The van der Waals surface area contributed by atoms with E-state index in [2.05, 4.69) is 42.4 Å². The Morgan fingerprint density at radius 2 is 2.00 bits per heavy atom. The topological polar surface area (TPSA) is 72.0 Å². The fraction of sp³-hybridized carbons (Fsp3) is 0.182. The molecule has 0 saturated carbocycles. The van der Waals surface area contributed by atoms with Crippen molar-refractivity contribution >= 4 is 43.3 Å². The quantitative estimate of drug-likeness (QED) is 0.665. The van der Waals surface area contributed by atoms with E-state index in [1.54, 1.807) is 12.1 Å². The van der Waals surface area contributed by atoms with Crippen LogP contribution in [0.25, 0.3) is 0 Å². The highest BCUT2D eigenvalue weighted by molar-refractivity contribution is 9.11. The van der Waals surface area contributed by atoms with Crippen LogP contribution in [0.1, 0.15) is 12.5 Å². The first-order valence-electron chi connectivity index (χ1n) is 4.74. The van der Waals surface area contributed by atoms with Crippen LogP contribution in [-0.4, -0.2) is 5.71 Å². The third kappa shape index (κ3) is 3.55. The predicted octanol–water partition coefficient (Wildman–Crippen LogP) is 3.59. The minimum Gasteiger partial charge on any atom is -0.275 e. The number of hydrogen-bond donors (Lipinski definition) is 1. The van der Waals surface area contributed by atoms with E-state index in [1.807, 2.05) is 19.1 Å². The van der Waals surface area contributed by atoms with Gasteiger partial charge in [-0.25, -0.2) is 0 Å². The molecular weight excluding hydrogens is 348 g/mol. The van der Waals surface area contributed by atoms with Gasteiger partial charge in [-0.1, -0.05) is 22.9 Å². The molecule has 17 heavy (non-hydrogen) atoms. The summed E-state index contributed by atoms with van der Waals surface area (Å²) < 4.78 is 1.78. The Bertz CT molecular complexity index is 522. The first-order valence-corrected chi connectivity index (χ1v) is 6.32. The van der Waals surface area contributed by atoms with E-state index >= 15 is 0 Å². The van der Waals surface area contributed by atoms with Crippen LogP contribution in [0.3, 0.4) is 0 Å². The fourth-order valence-corrected chi connectivity index (χ4v) is 2.62. The number of aryl methyl sites for hydroxylation is 1. The van der Waals surface area contributed by atoms with Gasteiger partial charge in [-0.2, -0.15) is 15.6 Å². The second kappa shape index (κ2) is 6.39. The van der Waals surface area contributed by atoms with Crippen LogP contribution in [0.15, 0.2) is 26.2 Å². The van der Waals surface area contributed by atoms with Crippen molar-refractivity contribution in [1.29, 1.82) is 10.5 Å². The molecule has 0 unspecified atom stereocenters. The van der Waals surface area contributed by atoms with Crippen molar-refractivity contribution in [3.63, 3.8) is 0 Å². The van der Waals surface area contributed by atoms with Gasteiger partial charge in [0.2, 0.25) is 5.71 Å². The lowest BCUT2D eigenvalue weighted by Gasteiger charge is -2.10. The molecule has 1 aromatic carbocycles. The van der Waals surface area contributed by atoms with Gasteiger partial charge in [-0.05, 0) is 40.0 Å². The minimum absolute atomic E-state index is 0.207. The number of hydrogen-bond acceptors (Lipinski definition) is 4. The van der Waals surface area contributed by atoms with E-state index in [9.17, 15) is 0 Å². The Labute approximate surface area is 116 Å². The Kier molecular flexibility index (Phi) is 5.14. The Morgan fingerprint density at radius 3 is 2.53 bits per heavy atom. The molecule has 0 aromatic heterocycles. The molecule has 0 aliphatic heterocycles. The summed E-state index contributed by atoms with van der Waals surface area (Å²) in [5.74, 6) is 0. The summed E-state index contributed by atoms with van der Waals surface area (Å²) in [6, 6.07) is 7.21. The van der Waals surface area contributed by atoms with Crippen LogP contribution in [0, 0.1) is 22.7 Å². The fourth-order valence-electron chi connectivity index (χ4n) is 1.22. The van der Waals surface area contributed by atoms with Crippen LogP contribution in [0.4, 0.5) is 5.69 Å². The van der Waals surface area contributed by atoms with Gasteiger partial charge in [0.1, 0.15) is 12.1 Å². The van der Waals surface area contributed by atoms with E-state index in [0.29, 0.717) is 0 Å². The van der Waals surface area contributed by atoms with Gasteiger partial charge in [-0.3, -0.25) is 5.43 Å². The van der Waals surface area contributed by atoms with Crippen LogP contribution >= 0.6 is 31.9 Å². The van der Waals surface area contributed by atoms with Gasteiger partial charge < -0.3 is 0 Å². The van der Waals surface area contributed by atoms with Gasteiger partial charge in [-0.15, -0.1) is 0 Å². The third-order valence-corrected chi connectivity index (χ3v) is 3.09. The van der Waals surface area contributed by atoms with Crippen LogP contribution in [0.2, 0.25) is 0 Å². The number of anilines is 1. The molecule has 0 spiro atoms. The zero-order chi connectivity index (χ0) is 12.8. The molecule has 0 radical (unpaired) electrons. The second-order valence-corrected chi connectivity index (χ2v) is 4.84. The lowest BCUT2D eigenvalue weighted by Crippen LogP contribution is -2.00. The highest BCUT2D eigenvalue weighted by atomic mass is 79.9. The molecule has 0 bridgehead atoms. The summed E-state index contributed by atoms with van der Waals surface area (Å²) in [4.78, 5) is 0. The monoisotopic (exact) mass is 354 g/mol. The van der Waals surface area contributed by atoms with Gasteiger partial charge in [0, 0.05) is 8.95 Å². The molecule has 1 rings (SSSR count). The molecular formula is C11H8Br2N4. The van der Waals surface area contributed by atoms with Gasteiger partial charge in [0.15, 0.2) is 0 Å². The molecule has 0 aliphatic carbocycles. The molecule has 86 valence electrons. The zero-order valence-electron chi connectivity index (χ0n) is 8.96. The number of nitrogens with one attached hydrogen (secondary N) is 1. The van der Waals surface area contributed by atoms with Gasteiger partial charge >= 0.3 is 0 Å². The average molecular weight is 356 g/mol. The number of halogens is 2. The van der Waals surface area contributed by atoms with E-state index in [0.717, 1.165) is 26.6 Å². The standard InChI is InChI=1S/C11H8Br2N4/c1-2-7-3-8(12)4-10(13)11(7)17-16-9(5-14)6-15/h3-4,17H,2H2,1H3. The van der Waals surface area contributed by atoms with Crippen molar-refractivity contribution < 1.29 is 0 Å². The minimum atomic E-state index is -0.207. The predicted molar refractivity (Wildman–Crippen MR) is 73.5 cm³/mol. The van der Waals surface area contributed by atoms with Crippen LogP contribution in [-0.2, 0) is 6.42 Å². The number of rotatable bonds is 3. The second-order valence-electron chi connectivity index (χ2n) is 3.07. The largest absolute Gasteiger partial charge is 0.275 e. The molecule has 1 aromatic rings. The summed E-state index contributed by atoms with van der Waals surface area (Å²) >= 11 is 6.80. The maximum Gasteiger partial charge on any atom is 0.237 e. The Morgan fingerprint density at radius 1 is 1.35 bits per heavy atom. The van der Waals surface area contributed by atoms with Crippen molar-refractivity contribution in [2.45, 2.75) is 13.3 Å². The molecule has 6 heteroatoms. The van der Waals surface area contributed by atoms with E-state index in [4.69, 9.17) is 10.5 Å². The third-order valence-electron chi connectivity index (χ3n) is 2.01. The molecule has 0 atom stereocenters. The molecule has 0 saturated heterocycles. The summed E-state index contributed by atoms with van der Waals surface area (Å²) in [6.45, 7) is 2.01. The SMILES string of the molecule is CCc1cc(Br)cc(Br)c1NN=C(C#N)C#N. The van der Waals surface area contributed by atoms with Crippen molar-refractivity contribution in [2.24, 2.45) is 5.10 Å². The summed E-state index contributed by atoms with van der Waals surface area (Å²) in [5, 5.41) is 20.9. The maximum atomic E-state index is 8.58. The van der Waals surface area contributed by atoms with Crippen molar-refractivity contribution in [3.05, 3.63) is 26.6 Å². The maximum absolute atomic E-state index is 8.58. The highest BCUT2D eigenvalue weighted by Crippen LogP contribution is 2.31. The molecule has 1 N–H and O–H groups in total. The lowest BCUT2D eigenvalue weighted by atomic mass is 10.1. The van der Waals surface area contributed by atoms with Crippen LogP contribution < -0.4 is 5.43 Å². The van der Waals surface area contributed by atoms with Crippen LogP contribution in [0.5, 0.6) is 0 Å². The normalized spacial score (nSPS) is 9.00. The molecule has 0 fully saturated rings. The Balaban J connectivity index is 3.12. The zero-order valence-corrected chi connectivity index (χ0v) is 12.1. The highest BCUT2D eigenvalue weighted by Gasteiger charge is 2.07. The number of nitriles is 2. The van der Waals surface area contributed by atoms with Gasteiger partial charge in [0.05, 0.1) is 5.69 Å². The van der Waals surface area contributed by atoms with Crippen molar-refractivity contribution in [2.75, 3.05) is 5.43 Å². The van der Waals surface area contributed by atoms with E-state index in [1.165, 1.54) is 0 Å². The number of benzene rings is 1. The lowest BCUT2D eigenvalue weighted by molar-refractivity contribution is 1.12. The number of nitrogens with zero attached hydrogens (tertiary/aromatic N) is 3. The first kappa shape index (κ1) is 13.7. The van der Waals surface area contributed by atoms with Gasteiger partial charge in [0.25, 0.3) is 0 Å². The molecule has 0 aliphatic rings. The van der Waals surface area contributed by atoms with E-state index in [-0.39, 0.29) is 5.71 Å². The molecule has 4 nitrogen and oxygen atoms in total. The van der Waals surface area contributed by atoms with E-state index < -0.39 is 0 Å². The van der Waals surface area contributed by atoms with Crippen molar-refractivity contribution in [3.8, 4) is 12.1 Å². The average Bonchev–Trinajstić information content (AvgIpc) is 2.31. The smallest absolute Gasteiger partial charge is 0.237 e. The summed E-state index contributed by atoms with van der Waals surface area (Å²) in [5.41, 5.74) is 4.33. The van der Waals surface area contributed by atoms with Crippen molar-refractivity contribution in [1.82, 2.24) is 0 Å². The molecule has 0 heterocycles. The summed E-state index contributed by atoms with van der Waals surface area (Å²) in [6.07, 6.45) is 0.810. The Hall–Kier alpha value is -1.37. The number of hydrazone groups is 1. The summed E-state index contributed by atoms with van der Waals surface area (Å²) in [7, 11) is 0.